The van der Waals surface area contributed by atoms with Crippen LogP contribution in [0.2, 0.25) is 0 Å². The second-order valence-corrected chi connectivity index (χ2v) is 3.85. The summed E-state index contributed by atoms with van der Waals surface area (Å²) in [6.45, 7) is 2.08. The molecule has 4 heteroatoms. The van der Waals surface area contributed by atoms with E-state index in [0.717, 1.165) is 11.5 Å². The molecule has 0 spiro atoms. The van der Waals surface area contributed by atoms with E-state index in [2.05, 4.69) is 33.7 Å². The van der Waals surface area contributed by atoms with Crippen molar-refractivity contribution in [3.63, 3.8) is 0 Å². The number of anilines is 1. The van der Waals surface area contributed by atoms with Gasteiger partial charge in [-0.25, -0.2) is 9.97 Å². The summed E-state index contributed by atoms with van der Waals surface area (Å²) in [5, 5.41) is 5.11. The third-order valence-corrected chi connectivity index (χ3v) is 3.04. The second kappa shape index (κ2) is 3.75. The van der Waals surface area contributed by atoms with E-state index in [1.165, 1.54) is 10.4 Å². The Morgan fingerprint density at radius 1 is 1.29 bits per heavy atom. The smallest absolute Gasteiger partial charge is 0.153 e. The molecule has 0 aliphatic rings. The Morgan fingerprint density at radius 3 is 2.71 bits per heavy atom. The van der Waals surface area contributed by atoms with Gasteiger partial charge in [-0.15, -0.1) is 11.3 Å². The van der Waals surface area contributed by atoms with Gasteiger partial charge in [0, 0.05) is 19.4 Å². The average molecular weight is 205 g/mol. The fourth-order valence-corrected chi connectivity index (χ4v) is 2.23. The van der Waals surface area contributed by atoms with Crippen molar-refractivity contribution in [3.8, 4) is 10.6 Å². The van der Waals surface area contributed by atoms with Crippen LogP contribution in [-0.4, -0.2) is 17.0 Å². The first-order valence-electron chi connectivity index (χ1n) is 4.36. The van der Waals surface area contributed by atoms with Crippen LogP contribution in [0.4, 0.5) is 5.82 Å². The van der Waals surface area contributed by atoms with Gasteiger partial charge in [-0.05, 0) is 23.9 Å². The maximum atomic E-state index is 4.34. The quantitative estimate of drug-likeness (QED) is 0.818. The lowest BCUT2D eigenvalue weighted by atomic mass is 10.2. The molecule has 2 aromatic heterocycles. The first-order valence-corrected chi connectivity index (χ1v) is 5.24. The summed E-state index contributed by atoms with van der Waals surface area (Å²) in [7, 11) is 1.86. The van der Waals surface area contributed by atoms with Crippen LogP contribution >= 0.6 is 11.3 Å². The Labute approximate surface area is 86.8 Å². The number of aryl methyl sites for hydroxylation is 1. The number of nitrogens with zero attached hydrogens (tertiary/aromatic N) is 2. The normalized spacial score (nSPS) is 10.1. The van der Waals surface area contributed by atoms with Gasteiger partial charge in [0.1, 0.15) is 5.69 Å². The summed E-state index contributed by atoms with van der Waals surface area (Å²) in [6, 6.07) is 2.09. The summed E-state index contributed by atoms with van der Waals surface area (Å²) >= 11 is 1.69. The molecule has 0 aromatic carbocycles. The number of rotatable bonds is 2. The lowest BCUT2D eigenvalue weighted by Gasteiger charge is -2.04. The van der Waals surface area contributed by atoms with E-state index in [0.29, 0.717) is 0 Å². The van der Waals surface area contributed by atoms with E-state index in [-0.39, 0.29) is 0 Å². The topological polar surface area (TPSA) is 37.8 Å². The summed E-state index contributed by atoms with van der Waals surface area (Å²) in [5.74, 6) is 0.832. The third kappa shape index (κ3) is 1.48. The molecular formula is C10H11N3S. The molecule has 0 fully saturated rings. The zero-order valence-corrected chi connectivity index (χ0v) is 8.93. The van der Waals surface area contributed by atoms with Crippen LogP contribution in [0.25, 0.3) is 10.6 Å². The highest BCUT2D eigenvalue weighted by atomic mass is 32.1. The monoisotopic (exact) mass is 205 g/mol. The van der Waals surface area contributed by atoms with Crippen molar-refractivity contribution < 1.29 is 0 Å². The Balaban J connectivity index is 2.56. The largest absolute Gasteiger partial charge is 0.371 e. The molecule has 0 atom stereocenters. The Kier molecular flexibility index (Phi) is 2.45. The lowest BCUT2D eigenvalue weighted by Crippen LogP contribution is -1.96. The van der Waals surface area contributed by atoms with Crippen LogP contribution in [0.3, 0.4) is 0 Å². The molecule has 14 heavy (non-hydrogen) atoms. The minimum Gasteiger partial charge on any atom is -0.371 e. The maximum absolute atomic E-state index is 4.34. The van der Waals surface area contributed by atoms with Crippen molar-refractivity contribution in [2.45, 2.75) is 6.92 Å². The minimum atomic E-state index is 0.832. The van der Waals surface area contributed by atoms with Gasteiger partial charge in [0.15, 0.2) is 5.82 Å². The minimum absolute atomic E-state index is 0.832. The van der Waals surface area contributed by atoms with Crippen molar-refractivity contribution in [2.24, 2.45) is 0 Å². The fourth-order valence-electron chi connectivity index (χ4n) is 1.30. The van der Waals surface area contributed by atoms with Crippen molar-refractivity contribution in [3.05, 3.63) is 29.4 Å². The maximum Gasteiger partial charge on any atom is 0.153 e. The molecule has 0 saturated heterocycles. The van der Waals surface area contributed by atoms with Gasteiger partial charge >= 0.3 is 0 Å². The van der Waals surface area contributed by atoms with Crippen LogP contribution in [0.15, 0.2) is 23.8 Å². The van der Waals surface area contributed by atoms with Crippen molar-refractivity contribution in [1.29, 1.82) is 0 Å². The van der Waals surface area contributed by atoms with Crippen molar-refractivity contribution in [2.75, 3.05) is 12.4 Å². The van der Waals surface area contributed by atoms with E-state index in [1.807, 2.05) is 7.05 Å². The van der Waals surface area contributed by atoms with Crippen LogP contribution in [0.5, 0.6) is 0 Å². The van der Waals surface area contributed by atoms with Crippen molar-refractivity contribution in [1.82, 2.24) is 9.97 Å². The summed E-state index contributed by atoms with van der Waals surface area (Å²) in [5.41, 5.74) is 2.18. The van der Waals surface area contributed by atoms with Gasteiger partial charge < -0.3 is 5.32 Å². The zero-order chi connectivity index (χ0) is 9.97. The van der Waals surface area contributed by atoms with Crippen LogP contribution in [0.1, 0.15) is 5.56 Å². The molecule has 0 amide bonds. The molecule has 0 aliphatic carbocycles. The van der Waals surface area contributed by atoms with Gasteiger partial charge in [-0.1, -0.05) is 0 Å². The van der Waals surface area contributed by atoms with Gasteiger partial charge in [0.2, 0.25) is 0 Å². The van der Waals surface area contributed by atoms with Gasteiger partial charge in [-0.3, -0.25) is 0 Å². The van der Waals surface area contributed by atoms with E-state index in [9.17, 15) is 0 Å². The van der Waals surface area contributed by atoms with Crippen molar-refractivity contribution >= 4 is 17.2 Å². The molecule has 72 valence electrons. The zero-order valence-electron chi connectivity index (χ0n) is 8.11. The first kappa shape index (κ1) is 9.15. The lowest BCUT2D eigenvalue weighted by molar-refractivity contribution is 1.19. The number of thiophene rings is 1. The number of nitrogens with one attached hydrogen (secondary N) is 1. The van der Waals surface area contributed by atoms with Crippen LogP contribution in [0, 0.1) is 6.92 Å². The molecule has 0 saturated carbocycles. The summed E-state index contributed by atoms with van der Waals surface area (Å²) in [6.07, 6.45) is 3.41. The van der Waals surface area contributed by atoms with Gasteiger partial charge in [0.25, 0.3) is 0 Å². The molecule has 2 heterocycles. The van der Waals surface area contributed by atoms with Gasteiger partial charge in [-0.2, -0.15) is 0 Å². The molecule has 0 unspecified atom stereocenters. The molecule has 0 radical (unpaired) electrons. The number of hydrogen-bond donors (Lipinski definition) is 1. The van der Waals surface area contributed by atoms with E-state index in [1.54, 1.807) is 23.7 Å². The standard InChI is InChI=1S/C10H11N3S/c1-7-3-6-14-9(7)8-10(11-2)13-5-4-12-8/h3-6H,1-2H3,(H,11,13). The molecule has 2 aromatic rings. The molecule has 2 rings (SSSR count). The molecule has 0 bridgehead atoms. The highest BCUT2D eigenvalue weighted by Gasteiger charge is 2.09. The SMILES string of the molecule is CNc1nccnc1-c1sccc1C. The summed E-state index contributed by atoms with van der Waals surface area (Å²) in [4.78, 5) is 9.75. The fraction of sp³-hybridized carbons (Fsp3) is 0.200. The highest BCUT2D eigenvalue weighted by molar-refractivity contribution is 7.13. The van der Waals surface area contributed by atoms with Crippen LogP contribution < -0.4 is 5.32 Å². The predicted octanol–water partition coefficient (Wildman–Crippen LogP) is 2.56. The second-order valence-electron chi connectivity index (χ2n) is 2.94. The van der Waals surface area contributed by atoms with E-state index >= 15 is 0 Å². The molecule has 0 aliphatic heterocycles. The Morgan fingerprint density at radius 2 is 2.07 bits per heavy atom. The molecule has 3 nitrogen and oxygen atoms in total. The summed E-state index contributed by atoms with van der Waals surface area (Å²) < 4.78 is 0. The molecular weight excluding hydrogens is 194 g/mol. The van der Waals surface area contributed by atoms with Crippen LogP contribution in [-0.2, 0) is 0 Å². The third-order valence-electron chi connectivity index (χ3n) is 2.01. The number of aromatic nitrogens is 2. The number of hydrogen-bond acceptors (Lipinski definition) is 4. The predicted molar refractivity (Wildman–Crippen MR) is 59.6 cm³/mol. The Bertz CT molecular complexity index is 436. The van der Waals surface area contributed by atoms with Gasteiger partial charge in [0.05, 0.1) is 4.88 Å². The van der Waals surface area contributed by atoms with E-state index < -0.39 is 0 Å². The Hall–Kier alpha value is -1.42. The van der Waals surface area contributed by atoms with E-state index in [4.69, 9.17) is 0 Å². The first-order chi connectivity index (χ1) is 6.83. The highest BCUT2D eigenvalue weighted by Crippen LogP contribution is 2.30. The average Bonchev–Trinajstić information content (AvgIpc) is 2.64. The molecule has 1 N–H and O–H groups in total.